The molecule has 48 heavy (non-hydrogen) atoms. The van der Waals surface area contributed by atoms with Crippen molar-refractivity contribution in [2.75, 3.05) is 6.79 Å². The molecule has 4 aromatic carbocycles. The van der Waals surface area contributed by atoms with Crippen LogP contribution in [-0.2, 0) is 27.1 Å². The van der Waals surface area contributed by atoms with Gasteiger partial charge in [0.1, 0.15) is 11.2 Å². The van der Waals surface area contributed by atoms with Crippen molar-refractivity contribution in [2.45, 2.75) is 44.6 Å². The van der Waals surface area contributed by atoms with E-state index in [1.807, 2.05) is 97.1 Å². The summed E-state index contributed by atoms with van der Waals surface area (Å²) in [5.41, 5.74) is 5.24. The zero-order chi connectivity index (χ0) is 33.3. The van der Waals surface area contributed by atoms with Crippen LogP contribution in [0.3, 0.4) is 0 Å². The molecule has 0 atom stereocenters. The second-order valence-electron chi connectivity index (χ2n) is 11.7. The van der Waals surface area contributed by atoms with Gasteiger partial charge in [-0.3, -0.25) is 0 Å². The van der Waals surface area contributed by atoms with Crippen molar-refractivity contribution in [2.24, 2.45) is 0 Å². The minimum atomic E-state index is -0.532. The predicted molar refractivity (Wildman–Crippen MR) is 188 cm³/mol. The largest absolute Gasteiger partial charge is 0.435 e. The first-order chi connectivity index (χ1) is 23.5. The Balaban J connectivity index is 1.07. The lowest BCUT2D eigenvalue weighted by Gasteiger charge is -2.18. The normalized spacial score (nSPS) is 11.3. The van der Waals surface area contributed by atoms with Crippen molar-refractivity contribution < 1.29 is 23.1 Å². The van der Waals surface area contributed by atoms with Crippen molar-refractivity contribution in [1.82, 2.24) is 0 Å². The molecule has 0 N–H and O–H groups in total. The lowest BCUT2D eigenvalue weighted by molar-refractivity contribution is -0.155. The molecule has 0 bridgehead atoms. The van der Waals surface area contributed by atoms with Crippen LogP contribution in [0.1, 0.15) is 36.8 Å². The van der Waals surface area contributed by atoms with Crippen molar-refractivity contribution in [3.8, 4) is 22.3 Å². The van der Waals surface area contributed by atoms with E-state index in [0.29, 0.717) is 22.3 Å². The lowest BCUT2D eigenvalue weighted by atomic mass is 9.99. The molecule has 0 unspecified atom stereocenters. The fourth-order valence-electron chi connectivity index (χ4n) is 5.89. The number of fused-ring (bicyclic) bond motifs is 2. The van der Waals surface area contributed by atoms with Gasteiger partial charge in [0.15, 0.2) is 6.79 Å². The zero-order valence-corrected chi connectivity index (χ0v) is 26.6. The molecule has 0 aliphatic rings. The molecule has 0 amide bonds. The molecule has 0 fully saturated rings. The van der Waals surface area contributed by atoms with Crippen LogP contribution in [0.5, 0.6) is 0 Å². The molecule has 0 saturated carbocycles. The minimum absolute atomic E-state index is 0.138. The molecule has 7 nitrogen and oxygen atoms in total. The molecule has 0 spiro atoms. The highest BCUT2D eigenvalue weighted by molar-refractivity contribution is 5.83. The Kier molecular flexibility index (Phi) is 10.4. The standard InChI is InChI=1S/C41H36O7/c1-2-39(42)46-27-45-34(17-9-11-28-19-21-32-25-35(30-13-5-3-6-14-30)40(43)47-37(32)23-28)18-10-12-29-20-22-33-26-36(31-15-7-4-8-16-31)41(44)48-38(33)24-29/h2-8,13-16,19-26,34H,1,9-12,17-18,27H2. The Labute approximate surface area is 278 Å². The van der Waals surface area contributed by atoms with E-state index in [2.05, 4.69) is 18.7 Å². The Morgan fingerprint density at radius 2 is 1.15 bits per heavy atom. The van der Waals surface area contributed by atoms with Gasteiger partial charge in [-0.25, -0.2) is 14.4 Å². The van der Waals surface area contributed by atoms with Crippen LogP contribution in [0.4, 0.5) is 0 Å². The third kappa shape index (κ3) is 8.06. The van der Waals surface area contributed by atoms with Crippen molar-refractivity contribution in [3.63, 3.8) is 0 Å². The van der Waals surface area contributed by atoms with E-state index in [9.17, 15) is 14.4 Å². The van der Waals surface area contributed by atoms with Gasteiger partial charge < -0.3 is 18.3 Å². The van der Waals surface area contributed by atoms with Gasteiger partial charge in [0.05, 0.1) is 17.2 Å². The molecule has 6 rings (SSSR count). The number of hydrogen-bond donors (Lipinski definition) is 0. The molecule has 242 valence electrons. The zero-order valence-electron chi connectivity index (χ0n) is 26.6. The van der Waals surface area contributed by atoms with Gasteiger partial charge in [-0.1, -0.05) is 91.5 Å². The smallest absolute Gasteiger partial charge is 0.344 e. The molecule has 2 heterocycles. The summed E-state index contributed by atoms with van der Waals surface area (Å²) in [4.78, 5) is 37.0. The highest BCUT2D eigenvalue weighted by Crippen LogP contribution is 2.25. The number of ether oxygens (including phenoxy) is 2. The van der Waals surface area contributed by atoms with Crippen LogP contribution >= 0.6 is 0 Å². The minimum Gasteiger partial charge on any atom is -0.435 e. The van der Waals surface area contributed by atoms with Crippen LogP contribution in [0.2, 0.25) is 0 Å². The van der Waals surface area contributed by atoms with Crippen LogP contribution in [0.15, 0.2) is 140 Å². The van der Waals surface area contributed by atoms with Gasteiger partial charge >= 0.3 is 17.2 Å². The van der Waals surface area contributed by atoms with E-state index in [4.69, 9.17) is 18.3 Å². The van der Waals surface area contributed by atoms with Gasteiger partial charge in [-0.2, -0.15) is 0 Å². The number of carbonyl (C=O) groups is 1. The van der Waals surface area contributed by atoms with Crippen LogP contribution in [-0.4, -0.2) is 18.9 Å². The molecule has 0 saturated heterocycles. The molecule has 6 aromatic rings. The Morgan fingerprint density at radius 1 is 0.667 bits per heavy atom. The van der Waals surface area contributed by atoms with E-state index >= 15 is 0 Å². The highest BCUT2D eigenvalue weighted by Gasteiger charge is 2.13. The predicted octanol–water partition coefficient (Wildman–Crippen LogP) is 8.65. The van der Waals surface area contributed by atoms with Crippen molar-refractivity contribution in [3.05, 3.63) is 154 Å². The topological polar surface area (TPSA) is 96.0 Å². The number of rotatable bonds is 14. The number of aryl methyl sites for hydroxylation is 2. The number of esters is 1. The Morgan fingerprint density at radius 3 is 1.60 bits per heavy atom. The fourth-order valence-corrected chi connectivity index (χ4v) is 5.89. The summed E-state index contributed by atoms with van der Waals surface area (Å²) in [7, 11) is 0. The van der Waals surface area contributed by atoms with Gasteiger partial charge in [0.25, 0.3) is 0 Å². The van der Waals surface area contributed by atoms with Crippen LogP contribution in [0, 0.1) is 0 Å². The Hall–Kier alpha value is -5.53. The summed E-state index contributed by atoms with van der Waals surface area (Å²) >= 11 is 0. The SMILES string of the molecule is C=CC(=O)OCOC(CCCc1ccc2cc(-c3ccccc3)c(=O)oc2c1)CCCc1ccc2cc(-c3ccccc3)c(=O)oc2c1. The van der Waals surface area contributed by atoms with E-state index in [1.54, 1.807) is 0 Å². The highest BCUT2D eigenvalue weighted by atomic mass is 16.7. The lowest BCUT2D eigenvalue weighted by Crippen LogP contribution is -2.17. The van der Waals surface area contributed by atoms with E-state index in [-0.39, 0.29) is 24.1 Å². The maximum atomic E-state index is 12.7. The molecule has 0 aliphatic heterocycles. The maximum absolute atomic E-state index is 12.7. The van der Waals surface area contributed by atoms with Gasteiger partial charge in [-0.05, 0) is 85.0 Å². The monoisotopic (exact) mass is 640 g/mol. The summed E-state index contributed by atoms with van der Waals surface area (Å²) in [5.74, 6) is -0.532. The molecule has 0 radical (unpaired) electrons. The third-order valence-corrected chi connectivity index (χ3v) is 8.43. The quantitative estimate of drug-likeness (QED) is 0.0509. The first kappa shape index (κ1) is 32.4. The second kappa shape index (κ2) is 15.4. The first-order valence-corrected chi connectivity index (χ1v) is 16.1. The summed E-state index contributed by atoms with van der Waals surface area (Å²) in [6.07, 6.45) is 5.64. The van der Waals surface area contributed by atoms with Crippen LogP contribution in [0.25, 0.3) is 44.2 Å². The average molecular weight is 641 g/mol. The van der Waals surface area contributed by atoms with Gasteiger partial charge in [-0.15, -0.1) is 0 Å². The third-order valence-electron chi connectivity index (χ3n) is 8.43. The number of carbonyl (C=O) groups excluding carboxylic acids is 1. The van der Waals surface area contributed by atoms with Crippen molar-refractivity contribution in [1.29, 1.82) is 0 Å². The van der Waals surface area contributed by atoms with E-state index < -0.39 is 5.97 Å². The maximum Gasteiger partial charge on any atom is 0.344 e. The average Bonchev–Trinajstić information content (AvgIpc) is 3.11. The van der Waals surface area contributed by atoms with Gasteiger partial charge in [0, 0.05) is 16.8 Å². The van der Waals surface area contributed by atoms with Crippen LogP contribution < -0.4 is 11.3 Å². The molecule has 7 heteroatoms. The molecule has 2 aromatic heterocycles. The first-order valence-electron chi connectivity index (χ1n) is 16.1. The number of benzene rings is 4. The Bertz CT molecular complexity index is 2000. The fraction of sp³-hybridized carbons (Fsp3) is 0.195. The van der Waals surface area contributed by atoms with E-state index in [0.717, 1.165) is 77.6 Å². The molecular formula is C41H36O7. The van der Waals surface area contributed by atoms with Gasteiger partial charge in [0.2, 0.25) is 0 Å². The molecular weight excluding hydrogens is 604 g/mol. The molecule has 0 aliphatic carbocycles. The second-order valence-corrected chi connectivity index (χ2v) is 11.7. The van der Waals surface area contributed by atoms with E-state index in [1.165, 1.54) is 0 Å². The summed E-state index contributed by atoms with van der Waals surface area (Å²) in [6.45, 7) is 3.29. The number of hydrogen-bond acceptors (Lipinski definition) is 7. The summed E-state index contributed by atoms with van der Waals surface area (Å²) < 4.78 is 22.4. The summed E-state index contributed by atoms with van der Waals surface area (Å²) in [6, 6.07) is 34.7. The van der Waals surface area contributed by atoms with Crippen molar-refractivity contribution >= 4 is 27.9 Å². The summed E-state index contributed by atoms with van der Waals surface area (Å²) in [5, 5.41) is 1.74.